The van der Waals surface area contributed by atoms with Crippen LogP contribution in [0.3, 0.4) is 0 Å². The third kappa shape index (κ3) is 2.59. The number of para-hydroxylation sites is 1. The summed E-state index contributed by atoms with van der Waals surface area (Å²) in [5.74, 6) is 0. The number of nitrogens with one attached hydrogen (secondary N) is 1. The number of H-pyrrole nitrogens is 1. The molecule has 0 saturated carbocycles. The Labute approximate surface area is 137 Å². The summed E-state index contributed by atoms with van der Waals surface area (Å²) in [6.07, 6.45) is 3.75. The summed E-state index contributed by atoms with van der Waals surface area (Å²) in [4.78, 5) is 18.9. The van der Waals surface area contributed by atoms with Gasteiger partial charge in [-0.05, 0) is 18.6 Å². The van der Waals surface area contributed by atoms with Crippen LogP contribution < -0.4 is 5.56 Å². The van der Waals surface area contributed by atoms with E-state index >= 15 is 0 Å². The number of hydrogen-bond donors (Lipinski definition) is 2. The minimum Gasteiger partial charge on any atom is -0.382 e. The van der Waals surface area contributed by atoms with E-state index in [1.807, 2.05) is 18.2 Å². The monoisotopic (exact) mass is 326 g/mol. The molecule has 3 heterocycles. The van der Waals surface area contributed by atoms with E-state index in [0.29, 0.717) is 42.7 Å². The van der Waals surface area contributed by atoms with E-state index in [4.69, 9.17) is 0 Å². The lowest BCUT2D eigenvalue weighted by molar-refractivity contribution is 0.0413. The van der Waals surface area contributed by atoms with Crippen molar-refractivity contribution in [3.05, 3.63) is 52.8 Å². The van der Waals surface area contributed by atoms with Gasteiger partial charge in [0.15, 0.2) is 0 Å². The fraction of sp³-hybridized carbons (Fsp3) is 0.375. The lowest BCUT2D eigenvalue weighted by Crippen LogP contribution is -2.34. The topological polar surface area (TPSA) is 99.9 Å². The summed E-state index contributed by atoms with van der Waals surface area (Å²) in [5, 5.41) is 21.6. The van der Waals surface area contributed by atoms with Crippen molar-refractivity contribution in [2.75, 3.05) is 19.6 Å². The van der Waals surface area contributed by atoms with Gasteiger partial charge in [-0.2, -0.15) is 15.4 Å². The Morgan fingerprint density at radius 3 is 3.00 bits per heavy atom. The average molecular weight is 326 g/mol. The van der Waals surface area contributed by atoms with E-state index in [2.05, 4.69) is 25.3 Å². The van der Waals surface area contributed by atoms with Crippen LogP contribution in [0.25, 0.3) is 10.9 Å². The van der Waals surface area contributed by atoms with Gasteiger partial charge >= 0.3 is 0 Å². The van der Waals surface area contributed by atoms with Crippen molar-refractivity contribution in [3.8, 4) is 0 Å². The second kappa shape index (κ2) is 5.81. The van der Waals surface area contributed by atoms with Crippen LogP contribution in [0.5, 0.6) is 0 Å². The van der Waals surface area contributed by atoms with E-state index in [1.54, 1.807) is 23.2 Å². The molecule has 1 saturated heterocycles. The zero-order valence-corrected chi connectivity index (χ0v) is 13.1. The van der Waals surface area contributed by atoms with Crippen LogP contribution in [-0.4, -0.2) is 54.6 Å². The zero-order chi connectivity index (χ0) is 16.6. The number of β-amino-alcohol motifs (C(OH)–C–C–N with tert-alkyl or cyclic N) is 1. The highest BCUT2D eigenvalue weighted by Gasteiger charge is 2.39. The number of aromatic nitrogens is 5. The minimum absolute atomic E-state index is 0.0356. The molecule has 0 aliphatic carbocycles. The third-order valence-electron chi connectivity index (χ3n) is 4.61. The van der Waals surface area contributed by atoms with Gasteiger partial charge in [0, 0.05) is 26.2 Å². The second-order valence-corrected chi connectivity index (χ2v) is 6.17. The molecule has 2 aromatic heterocycles. The Morgan fingerprint density at radius 2 is 2.17 bits per heavy atom. The fourth-order valence-corrected chi connectivity index (χ4v) is 3.21. The van der Waals surface area contributed by atoms with Crippen molar-refractivity contribution in [1.29, 1.82) is 0 Å². The number of hydrogen-bond acceptors (Lipinski definition) is 6. The fourth-order valence-electron chi connectivity index (χ4n) is 3.21. The number of aliphatic hydroxyl groups is 1. The standard InChI is InChI=1S/C16H18N6O2/c23-15-12-3-1-2-4-13(12)17-11-22(15)8-7-21-6-5-16(24,10-21)14-9-18-20-19-14/h1-4,9,11,24H,5-8,10H2,(H,18,19,20). The van der Waals surface area contributed by atoms with E-state index < -0.39 is 5.60 Å². The molecule has 1 aromatic carbocycles. The largest absolute Gasteiger partial charge is 0.382 e. The average Bonchev–Trinajstić information content (AvgIpc) is 3.25. The number of benzene rings is 1. The molecule has 3 aromatic rings. The first-order valence-corrected chi connectivity index (χ1v) is 7.91. The number of likely N-dealkylation sites (tertiary alicyclic amines) is 1. The maximum absolute atomic E-state index is 12.5. The molecule has 0 spiro atoms. The summed E-state index contributed by atoms with van der Waals surface area (Å²) in [6.45, 7) is 2.43. The number of rotatable bonds is 4. The molecule has 8 nitrogen and oxygen atoms in total. The number of aromatic amines is 1. The molecule has 1 aliphatic heterocycles. The first-order chi connectivity index (χ1) is 11.7. The molecule has 124 valence electrons. The smallest absolute Gasteiger partial charge is 0.261 e. The van der Waals surface area contributed by atoms with Crippen LogP contribution >= 0.6 is 0 Å². The molecule has 4 rings (SSSR count). The molecule has 0 amide bonds. The maximum Gasteiger partial charge on any atom is 0.261 e. The molecule has 8 heteroatoms. The summed E-state index contributed by atoms with van der Waals surface area (Å²) in [6, 6.07) is 7.34. The molecular formula is C16H18N6O2. The Balaban J connectivity index is 1.47. The zero-order valence-electron chi connectivity index (χ0n) is 13.1. The predicted octanol–water partition coefficient (Wildman–Crippen LogP) is 0.108. The Kier molecular flexibility index (Phi) is 3.62. The number of nitrogens with zero attached hydrogens (tertiary/aromatic N) is 5. The minimum atomic E-state index is -0.973. The molecular weight excluding hydrogens is 308 g/mol. The van der Waals surface area contributed by atoms with E-state index in [9.17, 15) is 9.90 Å². The van der Waals surface area contributed by atoms with E-state index in [-0.39, 0.29) is 5.56 Å². The summed E-state index contributed by atoms with van der Waals surface area (Å²) >= 11 is 0. The summed E-state index contributed by atoms with van der Waals surface area (Å²) < 4.78 is 1.62. The van der Waals surface area contributed by atoms with Gasteiger partial charge in [-0.1, -0.05) is 12.1 Å². The van der Waals surface area contributed by atoms with Crippen molar-refractivity contribution in [1.82, 2.24) is 29.9 Å². The predicted molar refractivity (Wildman–Crippen MR) is 87.3 cm³/mol. The van der Waals surface area contributed by atoms with Gasteiger partial charge in [-0.25, -0.2) is 4.98 Å². The Morgan fingerprint density at radius 1 is 1.29 bits per heavy atom. The van der Waals surface area contributed by atoms with Gasteiger partial charge < -0.3 is 5.11 Å². The van der Waals surface area contributed by atoms with Gasteiger partial charge in [0.2, 0.25) is 0 Å². The SMILES string of the molecule is O=c1c2ccccc2ncn1CCN1CCC(O)(c2cn[nH]n2)C1. The molecule has 24 heavy (non-hydrogen) atoms. The van der Waals surface area contributed by atoms with Crippen LogP contribution in [0.2, 0.25) is 0 Å². The molecule has 0 bridgehead atoms. The van der Waals surface area contributed by atoms with Crippen LogP contribution in [0.1, 0.15) is 12.1 Å². The quantitative estimate of drug-likeness (QED) is 0.706. The normalized spacial score (nSPS) is 21.5. The molecule has 2 N–H and O–H groups in total. The van der Waals surface area contributed by atoms with Crippen LogP contribution in [-0.2, 0) is 12.1 Å². The molecule has 1 aliphatic rings. The Bertz CT molecular complexity index is 906. The van der Waals surface area contributed by atoms with Gasteiger partial charge in [0.05, 0.1) is 23.4 Å². The molecule has 1 atom stereocenters. The molecule has 1 unspecified atom stereocenters. The van der Waals surface area contributed by atoms with Crippen molar-refractivity contribution >= 4 is 10.9 Å². The molecule has 1 fully saturated rings. The highest BCUT2D eigenvalue weighted by atomic mass is 16.3. The lowest BCUT2D eigenvalue weighted by atomic mass is 10.0. The van der Waals surface area contributed by atoms with Gasteiger partial charge in [-0.15, -0.1) is 0 Å². The van der Waals surface area contributed by atoms with Crippen LogP contribution in [0.15, 0.2) is 41.6 Å². The summed E-state index contributed by atoms with van der Waals surface area (Å²) in [7, 11) is 0. The van der Waals surface area contributed by atoms with Gasteiger partial charge in [-0.3, -0.25) is 14.3 Å². The third-order valence-corrected chi connectivity index (χ3v) is 4.61. The lowest BCUT2D eigenvalue weighted by Gasteiger charge is -2.21. The molecule has 0 radical (unpaired) electrons. The van der Waals surface area contributed by atoms with E-state index in [1.165, 1.54) is 0 Å². The van der Waals surface area contributed by atoms with Crippen molar-refractivity contribution in [2.24, 2.45) is 0 Å². The first kappa shape index (κ1) is 15.0. The van der Waals surface area contributed by atoms with Crippen molar-refractivity contribution in [3.63, 3.8) is 0 Å². The van der Waals surface area contributed by atoms with Crippen molar-refractivity contribution < 1.29 is 5.11 Å². The van der Waals surface area contributed by atoms with Crippen molar-refractivity contribution in [2.45, 2.75) is 18.6 Å². The number of fused-ring (bicyclic) bond motifs is 1. The summed E-state index contributed by atoms with van der Waals surface area (Å²) in [5.41, 5.74) is 0.265. The van der Waals surface area contributed by atoms with Gasteiger partial charge in [0.25, 0.3) is 5.56 Å². The first-order valence-electron chi connectivity index (χ1n) is 7.91. The van der Waals surface area contributed by atoms with Crippen LogP contribution in [0, 0.1) is 0 Å². The Hall–Kier alpha value is -2.58. The second-order valence-electron chi connectivity index (χ2n) is 6.17. The highest BCUT2D eigenvalue weighted by molar-refractivity contribution is 5.76. The highest BCUT2D eigenvalue weighted by Crippen LogP contribution is 2.29. The van der Waals surface area contributed by atoms with E-state index in [0.717, 1.165) is 6.54 Å². The maximum atomic E-state index is 12.5. The van der Waals surface area contributed by atoms with Crippen LogP contribution in [0.4, 0.5) is 0 Å². The van der Waals surface area contributed by atoms with Gasteiger partial charge in [0.1, 0.15) is 11.3 Å².